The second-order valence-electron chi connectivity index (χ2n) is 13.5. The number of fused-ring (bicyclic) bond motifs is 6. The fourth-order valence-corrected chi connectivity index (χ4v) is 11.6. The van der Waals surface area contributed by atoms with Crippen molar-refractivity contribution >= 4 is 23.4 Å². The zero-order chi connectivity index (χ0) is 26.0. The summed E-state index contributed by atoms with van der Waals surface area (Å²) in [6.45, 7) is 3.27. The minimum Gasteiger partial charge on any atom is -0.353 e. The van der Waals surface area contributed by atoms with Crippen molar-refractivity contribution in [2.75, 3.05) is 20.1 Å². The lowest BCUT2D eigenvalue weighted by atomic mass is 9.77. The molecule has 5 aliphatic heterocycles. The molecule has 10 unspecified atom stereocenters. The Morgan fingerprint density at radius 1 is 1.16 bits per heavy atom. The van der Waals surface area contributed by atoms with Gasteiger partial charge in [0, 0.05) is 55.7 Å². The molecule has 7 fully saturated rings. The van der Waals surface area contributed by atoms with Gasteiger partial charge in [-0.15, -0.1) is 23.4 Å². The Balaban J connectivity index is 1.06. The lowest BCUT2D eigenvalue weighted by Gasteiger charge is -2.38. The maximum absolute atomic E-state index is 13.7. The van der Waals surface area contributed by atoms with E-state index in [2.05, 4.69) is 57.4 Å². The molecular formula is C28H42ClF2N5OS. The molecule has 0 aromatic carbocycles. The average molecular weight is 570 g/mol. The van der Waals surface area contributed by atoms with Crippen LogP contribution in [0.1, 0.15) is 64.7 Å². The van der Waals surface area contributed by atoms with Crippen molar-refractivity contribution in [3.8, 4) is 0 Å². The highest BCUT2D eigenvalue weighted by molar-refractivity contribution is 8.00. The quantitative estimate of drug-likeness (QED) is 0.300. The number of hydrogen-bond donors (Lipinski definition) is 2. The molecule has 38 heavy (non-hydrogen) atoms. The van der Waals surface area contributed by atoms with Crippen molar-refractivity contribution in [3.63, 3.8) is 0 Å². The molecule has 6 nitrogen and oxygen atoms in total. The van der Waals surface area contributed by atoms with Gasteiger partial charge in [0.25, 0.3) is 5.92 Å². The first kappa shape index (κ1) is 25.7. The Hall–Kier alpha value is -0.0000000000000000763. The summed E-state index contributed by atoms with van der Waals surface area (Å²) in [5, 5.41) is 7.82. The normalized spacial score (nSPS) is 51.8. The maximum atomic E-state index is 13.7. The molecule has 0 aromatic heterocycles. The van der Waals surface area contributed by atoms with Gasteiger partial charge in [0.2, 0.25) is 0 Å². The van der Waals surface area contributed by atoms with E-state index in [0.717, 1.165) is 12.8 Å². The Kier molecular flexibility index (Phi) is 6.08. The van der Waals surface area contributed by atoms with Crippen LogP contribution < -0.4 is 10.7 Å². The number of hydrazine groups is 1. The predicted octanol–water partition coefficient (Wildman–Crippen LogP) is 4.17. The lowest BCUT2D eigenvalue weighted by Crippen LogP contribution is -2.56. The van der Waals surface area contributed by atoms with Gasteiger partial charge in [-0.3, -0.25) is 9.80 Å². The summed E-state index contributed by atoms with van der Waals surface area (Å²) < 4.78 is 33.7. The number of thioether (sulfide) groups is 1. The number of epoxide rings is 1. The van der Waals surface area contributed by atoms with E-state index >= 15 is 0 Å². The van der Waals surface area contributed by atoms with E-state index in [9.17, 15) is 8.78 Å². The number of nitrogens with one attached hydrogen (secondary N) is 2. The molecule has 3 aliphatic carbocycles. The topological polar surface area (TPSA) is 46.3 Å². The van der Waals surface area contributed by atoms with Crippen LogP contribution in [-0.2, 0) is 4.74 Å². The minimum atomic E-state index is -2.50. The monoisotopic (exact) mass is 569 g/mol. The van der Waals surface area contributed by atoms with Crippen molar-refractivity contribution in [3.05, 3.63) is 11.6 Å². The van der Waals surface area contributed by atoms with Gasteiger partial charge in [0.15, 0.2) is 0 Å². The molecule has 212 valence electrons. The number of hydrogen-bond acceptors (Lipinski definition) is 7. The summed E-state index contributed by atoms with van der Waals surface area (Å²) in [7, 11) is 2.19. The largest absolute Gasteiger partial charge is 0.353 e. The first-order chi connectivity index (χ1) is 18.2. The SMILES string of the molecule is CC1N(C)NC2N1C1SC3C[C@@H](C4OC4N4CCC(F)(F)CC4)CC3C1C(C1=CCCCC1Cl)NC21CC1. The predicted molar refractivity (Wildman–Crippen MR) is 146 cm³/mol. The smallest absolute Gasteiger partial charge is 0.250 e. The molecule has 11 atom stereocenters. The first-order valence-electron chi connectivity index (χ1n) is 15.1. The van der Waals surface area contributed by atoms with Gasteiger partial charge in [-0.05, 0) is 69.3 Å². The Morgan fingerprint density at radius 2 is 1.95 bits per heavy atom. The Labute approximate surface area is 234 Å². The molecule has 2 N–H and O–H groups in total. The molecule has 1 spiro atoms. The van der Waals surface area contributed by atoms with Crippen LogP contribution in [0.4, 0.5) is 8.78 Å². The lowest BCUT2D eigenvalue weighted by molar-refractivity contribution is -0.0626. The summed E-state index contributed by atoms with van der Waals surface area (Å²) in [5.74, 6) is -0.824. The third kappa shape index (κ3) is 4.00. The average Bonchev–Trinajstić information content (AvgIpc) is 3.76. The Bertz CT molecular complexity index is 990. The van der Waals surface area contributed by atoms with E-state index in [1.807, 2.05) is 0 Å². The molecule has 10 heteroatoms. The molecular weight excluding hydrogens is 528 g/mol. The van der Waals surface area contributed by atoms with Gasteiger partial charge in [-0.1, -0.05) is 6.08 Å². The highest BCUT2D eigenvalue weighted by Gasteiger charge is 2.67. The third-order valence-electron chi connectivity index (χ3n) is 11.4. The highest BCUT2D eigenvalue weighted by Crippen LogP contribution is 2.62. The van der Waals surface area contributed by atoms with Gasteiger partial charge in [-0.25, -0.2) is 19.2 Å². The molecule has 2 saturated carbocycles. The van der Waals surface area contributed by atoms with Gasteiger partial charge >= 0.3 is 0 Å². The molecule has 0 bridgehead atoms. The van der Waals surface area contributed by atoms with Crippen molar-refractivity contribution < 1.29 is 13.5 Å². The van der Waals surface area contributed by atoms with E-state index < -0.39 is 5.92 Å². The number of halogens is 3. The zero-order valence-corrected chi connectivity index (χ0v) is 24.1. The van der Waals surface area contributed by atoms with Crippen LogP contribution in [0.2, 0.25) is 0 Å². The molecule has 5 heterocycles. The van der Waals surface area contributed by atoms with Gasteiger partial charge < -0.3 is 10.1 Å². The molecule has 5 saturated heterocycles. The first-order valence-corrected chi connectivity index (χ1v) is 16.4. The Morgan fingerprint density at radius 3 is 2.68 bits per heavy atom. The summed E-state index contributed by atoms with van der Waals surface area (Å²) in [5.41, 5.74) is 5.43. The van der Waals surface area contributed by atoms with Crippen LogP contribution in [0.3, 0.4) is 0 Å². The highest BCUT2D eigenvalue weighted by atomic mass is 35.5. The molecule has 8 aliphatic rings. The van der Waals surface area contributed by atoms with Crippen LogP contribution in [0, 0.1) is 17.8 Å². The number of nitrogens with zero attached hydrogens (tertiary/aromatic N) is 3. The second-order valence-corrected chi connectivity index (χ2v) is 15.4. The fourth-order valence-electron chi connectivity index (χ4n) is 9.00. The molecule has 0 radical (unpaired) electrons. The fraction of sp³-hybridized carbons (Fsp3) is 0.929. The van der Waals surface area contributed by atoms with Crippen molar-refractivity contribution in [1.29, 1.82) is 0 Å². The van der Waals surface area contributed by atoms with Gasteiger partial charge in [-0.2, -0.15) is 0 Å². The molecule has 8 rings (SSSR count). The number of piperidine rings is 1. The van der Waals surface area contributed by atoms with Gasteiger partial charge in [0.1, 0.15) is 12.3 Å². The zero-order valence-electron chi connectivity index (χ0n) is 22.5. The van der Waals surface area contributed by atoms with Crippen LogP contribution in [0.5, 0.6) is 0 Å². The number of allylic oxidation sites excluding steroid dienone is 1. The van der Waals surface area contributed by atoms with Crippen LogP contribution in [-0.4, -0.2) is 93.1 Å². The van der Waals surface area contributed by atoms with E-state index in [1.54, 1.807) is 0 Å². The number of likely N-dealkylation sites (tertiary alicyclic amines) is 1. The maximum Gasteiger partial charge on any atom is 0.250 e. The summed E-state index contributed by atoms with van der Waals surface area (Å²) >= 11 is 9.30. The van der Waals surface area contributed by atoms with Crippen LogP contribution >= 0.6 is 23.4 Å². The van der Waals surface area contributed by atoms with E-state index in [1.165, 1.54) is 37.7 Å². The summed E-state index contributed by atoms with van der Waals surface area (Å²) in [4.78, 5) is 4.99. The standard InChI is InChI=1S/C28H42ClF2N5OS/c1-15-34(2)33-26-27(7-8-27)32-22(17-5-3-4-6-19(17)29)21-18-13-16(14-20(18)38-25(21)36(15)26)23-24(37-23)35-11-9-28(30,31)10-12-35/h5,15-16,18-26,32-33H,3-4,6-14H2,1-2H3/t15?,16-,18?,19?,20?,21?,22?,23?,24?,25?,26?/m0/s1. The summed E-state index contributed by atoms with van der Waals surface area (Å²) in [6.07, 6.45) is 11.6. The van der Waals surface area contributed by atoms with Crippen LogP contribution in [0.25, 0.3) is 0 Å². The third-order valence-corrected chi connectivity index (χ3v) is 13.6. The number of rotatable bonds is 3. The van der Waals surface area contributed by atoms with Crippen molar-refractivity contribution in [2.45, 2.75) is 123 Å². The second kappa shape index (κ2) is 9.00. The molecule has 0 amide bonds. The summed E-state index contributed by atoms with van der Waals surface area (Å²) in [6, 6.07) is 0.330. The van der Waals surface area contributed by atoms with Crippen LogP contribution in [0.15, 0.2) is 11.6 Å². The molecule has 0 aromatic rings. The van der Waals surface area contributed by atoms with E-state index in [4.69, 9.17) is 16.3 Å². The number of alkyl halides is 3. The van der Waals surface area contributed by atoms with Gasteiger partial charge in [0.05, 0.1) is 23.1 Å². The van der Waals surface area contributed by atoms with Crippen molar-refractivity contribution in [1.82, 2.24) is 25.6 Å². The number of ether oxygens (including phenoxy) is 1. The van der Waals surface area contributed by atoms with E-state index in [-0.39, 0.29) is 36.1 Å². The van der Waals surface area contributed by atoms with E-state index in [0.29, 0.717) is 59.8 Å². The minimum absolute atomic E-state index is 0.0312. The van der Waals surface area contributed by atoms with Crippen molar-refractivity contribution in [2.24, 2.45) is 17.8 Å².